The lowest BCUT2D eigenvalue weighted by Gasteiger charge is -2.40. The molecule has 1 aliphatic carbocycles. The number of hydrogen-bond acceptors (Lipinski definition) is 4. The van der Waals surface area contributed by atoms with Gasteiger partial charge in [-0.05, 0) is 62.6 Å². The zero-order valence-electron chi connectivity index (χ0n) is 15.9. The van der Waals surface area contributed by atoms with Crippen LogP contribution in [-0.2, 0) is 26.7 Å². The minimum absolute atomic E-state index is 0.126. The van der Waals surface area contributed by atoms with E-state index in [1.807, 2.05) is 0 Å². The van der Waals surface area contributed by atoms with Gasteiger partial charge < -0.3 is 5.32 Å². The molecule has 10 heteroatoms. The van der Waals surface area contributed by atoms with Gasteiger partial charge in [-0.15, -0.1) is 0 Å². The van der Waals surface area contributed by atoms with Gasteiger partial charge >= 0.3 is 6.18 Å². The van der Waals surface area contributed by atoms with Gasteiger partial charge in [0.2, 0.25) is 5.67 Å². The van der Waals surface area contributed by atoms with Crippen LogP contribution in [0, 0.1) is 5.82 Å². The quantitative estimate of drug-likeness (QED) is 0.726. The molecule has 3 unspecified atom stereocenters. The zero-order chi connectivity index (χ0) is 21.9. The number of fused-ring (bicyclic) bond motifs is 3. The van der Waals surface area contributed by atoms with Gasteiger partial charge in [-0.2, -0.15) is 13.2 Å². The zero-order valence-corrected chi connectivity index (χ0v) is 16.7. The smallest absolute Gasteiger partial charge is 0.312 e. The van der Waals surface area contributed by atoms with E-state index in [4.69, 9.17) is 0 Å². The molecule has 0 radical (unpaired) electrons. The summed E-state index contributed by atoms with van der Waals surface area (Å²) in [4.78, 5) is 3.71. The number of alkyl halides is 4. The van der Waals surface area contributed by atoms with Crippen LogP contribution in [0.25, 0.3) is 0 Å². The Kier molecular flexibility index (Phi) is 4.74. The Morgan fingerprint density at radius 3 is 2.57 bits per heavy atom. The summed E-state index contributed by atoms with van der Waals surface area (Å²) in [5.74, 6) is -0.710. The molecule has 1 N–H and O–H groups in total. The fourth-order valence-corrected chi connectivity index (χ4v) is 6.87. The molecule has 0 bridgehead atoms. The first kappa shape index (κ1) is 21.2. The molecule has 1 aromatic heterocycles. The second-order valence-electron chi connectivity index (χ2n) is 7.84. The van der Waals surface area contributed by atoms with Gasteiger partial charge in [-0.1, -0.05) is 12.1 Å². The maximum Gasteiger partial charge on any atom is 0.428 e. The lowest BCUT2D eigenvalue weighted by Crippen LogP contribution is -2.50. The first-order valence-electron chi connectivity index (χ1n) is 9.41. The molecule has 4 rings (SSSR count). The molecule has 30 heavy (non-hydrogen) atoms. The summed E-state index contributed by atoms with van der Waals surface area (Å²) in [6.45, 7) is 0.757. The third kappa shape index (κ3) is 2.87. The van der Waals surface area contributed by atoms with Crippen LogP contribution in [0.5, 0.6) is 0 Å². The van der Waals surface area contributed by atoms with Crippen molar-refractivity contribution in [3.05, 3.63) is 59.2 Å². The number of halogens is 5. The number of sulfone groups is 1. The highest BCUT2D eigenvalue weighted by Gasteiger charge is 2.59. The Hall–Kier alpha value is -2.07. The monoisotopic (exact) mass is 446 g/mol. The number of aryl methyl sites for hydroxylation is 1. The molecule has 3 atom stereocenters. The fourth-order valence-electron chi connectivity index (χ4n) is 4.50. The maximum atomic E-state index is 14.4. The molecule has 1 aromatic carbocycles. The number of pyridine rings is 1. The molecule has 0 saturated carbocycles. The highest BCUT2D eigenvalue weighted by atomic mass is 32.2. The van der Waals surface area contributed by atoms with Gasteiger partial charge in [0.25, 0.3) is 0 Å². The van der Waals surface area contributed by atoms with E-state index in [1.54, 1.807) is 0 Å². The predicted molar refractivity (Wildman–Crippen MR) is 98.7 cm³/mol. The van der Waals surface area contributed by atoms with Gasteiger partial charge in [0.05, 0.1) is 10.6 Å². The average molecular weight is 446 g/mol. The second kappa shape index (κ2) is 6.71. The van der Waals surface area contributed by atoms with E-state index in [0.29, 0.717) is 19.9 Å². The van der Waals surface area contributed by atoms with Crippen molar-refractivity contribution in [2.75, 3.05) is 6.54 Å². The lowest BCUT2D eigenvalue weighted by molar-refractivity contribution is -0.230. The van der Waals surface area contributed by atoms with Crippen molar-refractivity contribution in [1.29, 1.82) is 0 Å². The van der Waals surface area contributed by atoms with Crippen LogP contribution in [0.1, 0.15) is 36.7 Å². The van der Waals surface area contributed by atoms with Crippen LogP contribution < -0.4 is 5.32 Å². The number of benzene rings is 1. The minimum atomic E-state index is -5.16. The molecule has 2 aliphatic rings. The Bertz CT molecular complexity index is 1100. The molecule has 1 saturated heterocycles. The van der Waals surface area contributed by atoms with E-state index >= 15 is 0 Å². The van der Waals surface area contributed by atoms with Crippen LogP contribution in [0.4, 0.5) is 22.0 Å². The van der Waals surface area contributed by atoms with Gasteiger partial charge in [0.15, 0.2) is 9.84 Å². The maximum absolute atomic E-state index is 14.4. The predicted octanol–water partition coefficient (Wildman–Crippen LogP) is 3.95. The summed E-state index contributed by atoms with van der Waals surface area (Å²) in [6.07, 6.45) is -4.51. The van der Waals surface area contributed by atoms with Crippen molar-refractivity contribution in [3.63, 3.8) is 0 Å². The molecular formula is C20H19F5N2O2S. The normalized spacial score (nSPS) is 26.0. The first-order valence-corrected chi connectivity index (χ1v) is 10.9. The Morgan fingerprint density at radius 2 is 1.90 bits per heavy atom. The highest BCUT2D eigenvalue weighted by Crippen LogP contribution is 2.50. The second-order valence-corrected chi connectivity index (χ2v) is 10.0. The molecule has 0 amide bonds. The van der Waals surface area contributed by atoms with E-state index in [1.165, 1.54) is 18.2 Å². The van der Waals surface area contributed by atoms with Crippen LogP contribution in [0.2, 0.25) is 0 Å². The van der Waals surface area contributed by atoms with Gasteiger partial charge in [-0.25, -0.2) is 17.2 Å². The van der Waals surface area contributed by atoms with Crippen molar-refractivity contribution < 1.29 is 30.4 Å². The third-order valence-electron chi connectivity index (χ3n) is 6.15. The Labute approximate surface area is 170 Å². The van der Waals surface area contributed by atoms with Crippen LogP contribution in [-0.4, -0.2) is 32.2 Å². The Balaban J connectivity index is 1.90. The van der Waals surface area contributed by atoms with Crippen molar-refractivity contribution in [2.24, 2.45) is 0 Å². The van der Waals surface area contributed by atoms with E-state index in [2.05, 4.69) is 10.3 Å². The summed E-state index contributed by atoms with van der Waals surface area (Å²) in [5, 5.41) is 3.15. The van der Waals surface area contributed by atoms with Gasteiger partial charge in [-0.3, -0.25) is 4.98 Å². The summed E-state index contributed by atoms with van der Waals surface area (Å²) in [7, 11) is -4.13. The summed E-state index contributed by atoms with van der Waals surface area (Å²) >= 11 is 0. The van der Waals surface area contributed by atoms with Crippen LogP contribution in [0.3, 0.4) is 0 Å². The van der Waals surface area contributed by atoms with Crippen LogP contribution in [0.15, 0.2) is 41.3 Å². The van der Waals surface area contributed by atoms with E-state index in [-0.39, 0.29) is 29.0 Å². The summed E-state index contributed by atoms with van der Waals surface area (Å²) in [6, 6.07) is 6.26. The van der Waals surface area contributed by atoms with Gasteiger partial charge in [0, 0.05) is 11.7 Å². The van der Waals surface area contributed by atoms with Crippen molar-refractivity contribution in [3.8, 4) is 0 Å². The lowest BCUT2D eigenvalue weighted by atomic mass is 9.80. The largest absolute Gasteiger partial charge is 0.428 e. The van der Waals surface area contributed by atoms with Crippen molar-refractivity contribution in [1.82, 2.24) is 10.3 Å². The van der Waals surface area contributed by atoms with Crippen molar-refractivity contribution in [2.45, 2.75) is 53.7 Å². The molecule has 4 nitrogen and oxygen atoms in total. The number of rotatable bonds is 3. The number of nitrogens with one attached hydrogen (secondary N) is 1. The molecule has 2 aromatic rings. The molecule has 162 valence electrons. The van der Waals surface area contributed by atoms with E-state index in [9.17, 15) is 30.4 Å². The molecular weight excluding hydrogens is 427 g/mol. The number of hydrogen-bond donors (Lipinski definition) is 1. The average Bonchev–Trinajstić information content (AvgIpc) is 3.12. The molecule has 1 fully saturated rings. The molecule has 1 aliphatic heterocycles. The number of nitrogens with zero attached hydrogens (tertiary/aromatic N) is 1. The highest BCUT2D eigenvalue weighted by molar-refractivity contribution is 7.92. The SMILES string of the molecule is CC(F)(c1ccc2c(n1)CCC1NCCC21S(=O)(=O)c1cccc(F)c1)C(F)(F)F. The molecule has 0 spiro atoms. The third-order valence-corrected chi connectivity index (χ3v) is 8.69. The Morgan fingerprint density at radius 1 is 1.17 bits per heavy atom. The first-order chi connectivity index (χ1) is 13.9. The van der Waals surface area contributed by atoms with Crippen LogP contribution >= 0.6 is 0 Å². The summed E-state index contributed by atoms with van der Waals surface area (Å²) in [5.41, 5.74) is -4.10. The summed E-state index contributed by atoms with van der Waals surface area (Å²) < 4.78 is 93.4. The topological polar surface area (TPSA) is 59.1 Å². The minimum Gasteiger partial charge on any atom is -0.312 e. The number of aromatic nitrogens is 1. The van der Waals surface area contributed by atoms with E-state index < -0.39 is 44.0 Å². The van der Waals surface area contributed by atoms with Crippen molar-refractivity contribution >= 4 is 9.84 Å². The van der Waals surface area contributed by atoms with Gasteiger partial charge in [0.1, 0.15) is 10.6 Å². The molecule has 2 heterocycles. The fraction of sp³-hybridized carbons (Fsp3) is 0.450. The van der Waals surface area contributed by atoms with E-state index in [0.717, 1.165) is 18.2 Å². The standard InChI is InChI=1S/C20H19F5N2O2S/c1-18(22,20(23,24)25)16-7-5-14-15(27-16)6-8-17-19(14,9-10-26-17)30(28,29)13-4-2-3-12(21)11-13/h2-5,7,11,17,26H,6,8-10H2,1H3.